The van der Waals surface area contributed by atoms with Gasteiger partial charge in [0.15, 0.2) is 0 Å². The average Bonchev–Trinajstić information content (AvgIpc) is 2.44. The van der Waals surface area contributed by atoms with Gasteiger partial charge in [0.25, 0.3) is 0 Å². The second kappa shape index (κ2) is 7.20. The van der Waals surface area contributed by atoms with Crippen LogP contribution in [0, 0.1) is 0 Å². The molecule has 0 aliphatic carbocycles. The maximum Gasteiger partial charge on any atom is 0.129 e. The van der Waals surface area contributed by atoms with Crippen LogP contribution in [0.25, 0.3) is 10.8 Å². The van der Waals surface area contributed by atoms with Crippen molar-refractivity contribution in [2.24, 2.45) is 0 Å². The maximum atomic E-state index is 10.9. The summed E-state index contributed by atoms with van der Waals surface area (Å²) >= 11 is 0. The maximum absolute atomic E-state index is 10.9. The summed E-state index contributed by atoms with van der Waals surface area (Å²) < 4.78 is 0. The summed E-state index contributed by atoms with van der Waals surface area (Å²) in [6.45, 7) is 3.69. The number of likely N-dealkylation sites (N-methyl/N-ethyl adjacent to an activating group) is 1. The summed E-state index contributed by atoms with van der Waals surface area (Å²) in [5.41, 5.74) is 1.40. The predicted octanol–water partition coefficient (Wildman–Crippen LogP) is 3.68. The number of carbonyl (C=O) groups is 1. The van der Waals surface area contributed by atoms with E-state index in [2.05, 4.69) is 54.4 Å². The second-order valence-electron chi connectivity index (χ2n) is 5.50. The van der Waals surface area contributed by atoms with E-state index in [1.807, 2.05) is 0 Å². The lowest BCUT2D eigenvalue weighted by atomic mass is 10.0. The highest BCUT2D eigenvalue weighted by molar-refractivity contribution is 5.85. The van der Waals surface area contributed by atoms with Crippen LogP contribution in [0.15, 0.2) is 42.5 Å². The number of hydrogen-bond donors (Lipinski definition) is 0. The van der Waals surface area contributed by atoms with Crippen LogP contribution in [0.4, 0.5) is 0 Å². The van der Waals surface area contributed by atoms with Gasteiger partial charge in [-0.15, -0.1) is 0 Å². The topological polar surface area (TPSA) is 20.3 Å². The Bertz CT molecular complexity index is 571. The highest BCUT2D eigenvalue weighted by Gasteiger charge is 2.03. The van der Waals surface area contributed by atoms with Crippen molar-refractivity contribution in [3.8, 4) is 0 Å². The molecule has 0 spiro atoms. The van der Waals surface area contributed by atoms with Gasteiger partial charge in [0.2, 0.25) is 0 Å². The zero-order chi connectivity index (χ0) is 14.4. The number of fused-ring (bicyclic) bond motifs is 1. The minimum absolute atomic E-state index is 0.285. The standard InChI is InChI=1S/C18H23NO/c1-15(20)7-6-13-19(2)14-12-17-10-5-9-16-8-3-4-11-18(16)17/h3-5,8-11H,6-7,12-14H2,1-2H3. The Hall–Kier alpha value is -1.67. The molecular weight excluding hydrogens is 246 g/mol. The molecule has 0 aromatic heterocycles. The molecule has 0 N–H and O–H groups in total. The SMILES string of the molecule is CC(=O)CCCN(C)CCc1cccc2ccccc12. The fourth-order valence-electron chi connectivity index (χ4n) is 2.53. The minimum atomic E-state index is 0.285. The van der Waals surface area contributed by atoms with E-state index in [4.69, 9.17) is 0 Å². The molecule has 2 nitrogen and oxygen atoms in total. The molecule has 20 heavy (non-hydrogen) atoms. The first-order valence-electron chi connectivity index (χ1n) is 7.31. The molecule has 106 valence electrons. The normalized spacial score (nSPS) is 11.2. The zero-order valence-corrected chi connectivity index (χ0v) is 12.4. The van der Waals surface area contributed by atoms with Gasteiger partial charge in [-0.3, -0.25) is 0 Å². The molecule has 0 amide bonds. The number of Topliss-reactive ketones (excluding diaryl/α,β-unsaturated/α-hetero) is 1. The van der Waals surface area contributed by atoms with Crippen molar-refractivity contribution >= 4 is 16.6 Å². The van der Waals surface area contributed by atoms with Crippen molar-refractivity contribution in [3.05, 3.63) is 48.0 Å². The molecule has 0 aliphatic heterocycles. The van der Waals surface area contributed by atoms with E-state index in [9.17, 15) is 4.79 Å². The molecule has 0 fully saturated rings. The third-order valence-corrected chi connectivity index (χ3v) is 3.71. The fourth-order valence-corrected chi connectivity index (χ4v) is 2.53. The largest absolute Gasteiger partial charge is 0.306 e. The van der Waals surface area contributed by atoms with Crippen molar-refractivity contribution in [3.63, 3.8) is 0 Å². The van der Waals surface area contributed by atoms with Crippen molar-refractivity contribution in [1.82, 2.24) is 4.90 Å². The molecule has 0 heterocycles. The van der Waals surface area contributed by atoms with Crippen LogP contribution in [-0.4, -0.2) is 30.8 Å². The van der Waals surface area contributed by atoms with E-state index in [1.54, 1.807) is 6.92 Å². The molecule has 0 bridgehead atoms. The van der Waals surface area contributed by atoms with Gasteiger partial charge in [0.05, 0.1) is 0 Å². The number of benzene rings is 2. The van der Waals surface area contributed by atoms with E-state index < -0.39 is 0 Å². The van der Waals surface area contributed by atoms with Gasteiger partial charge in [-0.2, -0.15) is 0 Å². The summed E-state index contributed by atoms with van der Waals surface area (Å²) in [4.78, 5) is 13.2. The molecule has 2 aromatic rings. The van der Waals surface area contributed by atoms with E-state index in [0.29, 0.717) is 6.42 Å². The molecule has 0 atom stereocenters. The predicted molar refractivity (Wildman–Crippen MR) is 85.1 cm³/mol. The highest BCUT2D eigenvalue weighted by Crippen LogP contribution is 2.19. The van der Waals surface area contributed by atoms with Crippen LogP contribution in [-0.2, 0) is 11.2 Å². The Morgan fingerprint density at radius 2 is 1.80 bits per heavy atom. The zero-order valence-electron chi connectivity index (χ0n) is 12.4. The summed E-state index contributed by atoms with van der Waals surface area (Å²) in [6, 6.07) is 15.0. The first-order chi connectivity index (χ1) is 9.66. The van der Waals surface area contributed by atoms with Crippen LogP contribution in [0.1, 0.15) is 25.3 Å². The highest BCUT2D eigenvalue weighted by atomic mass is 16.1. The molecule has 0 unspecified atom stereocenters. The van der Waals surface area contributed by atoms with Gasteiger partial charge in [0.1, 0.15) is 5.78 Å². The summed E-state index contributed by atoms with van der Waals surface area (Å²) in [6.07, 6.45) is 2.71. The summed E-state index contributed by atoms with van der Waals surface area (Å²) in [5.74, 6) is 0.285. The molecule has 2 aromatic carbocycles. The van der Waals surface area contributed by atoms with E-state index >= 15 is 0 Å². The fraction of sp³-hybridized carbons (Fsp3) is 0.389. The molecule has 2 rings (SSSR count). The molecule has 0 radical (unpaired) electrons. The Morgan fingerprint density at radius 3 is 2.60 bits per heavy atom. The Labute approximate surface area is 121 Å². The van der Waals surface area contributed by atoms with Crippen LogP contribution in [0.2, 0.25) is 0 Å². The van der Waals surface area contributed by atoms with Crippen LogP contribution >= 0.6 is 0 Å². The smallest absolute Gasteiger partial charge is 0.129 e. The summed E-state index contributed by atoms with van der Waals surface area (Å²) in [7, 11) is 2.13. The van der Waals surface area contributed by atoms with Crippen molar-refractivity contribution in [2.75, 3.05) is 20.1 Å². The number of carbonyl (C=O) groups excluding carboxylic acids is 1. The van der Waals surface area contributed by atoms with Gasteiger partial charge in [-0.1, -0.05) is 42.5 Å². The molecular formula is C18H23NO. The van der Waals surface area contributed by atoms with E-state index in [-0.39, 0.29) is 5.78 Å². The van der Waals surface area contributed by atoms with Crippen molar-refractivity contribution < 1.29 is 4.79 Å². The summed E-state index contributed by atoms with van der Waals surface area (Å²) in [5, 5.41) is 2.66. The Balaban J connectivity index is 1.91. The molecule has 0 saturated heterocycles. The lowest BCUT2D eigenvalue weighted by Gasteiger charge is -2.16. The van der Waals surface area contributed by atoms with Gasteiger partial charge >= 0.3 is 0 Å². The lowest BCUT2D eigenvalue weighted by molar-refractivity contribution is -0.117. The van der Waals surface area contributed by atoms with Gasteiger partial charge < -0.3 is 9.69 Å². The van der Waals surface area contributed by atoms with Crippen molar-refractivity contribution in [1.29, 1.82) is 0 Å². The van der Waals surface area contributed by atoms with Gasteiger partial charge in [-0.05, 0) is 49.7 Å². The Kier molecular flexibility index (Phi) is 5.31. The molecule has 0 aliphatic rings. The third kappa shape index (κ3) is 4.17. The van der Waals surface area contributed by atoms with Crippen LogP contribution < -0.4 is 0 Å². The average molecular weight is 269 g/mol. The first kappa shape index (κ1) is 14.7. The third-order valence-electron chi connectivity index (χ3n) is 3.71. The Morgan fingerprint density at radius 1 is 1.05 bits per heavy atom. The minimum Gasteiger partial charge on any atom is -0.306 e. The molecule has 2 heteroatoms. The lowest BCUT2D eigenvalue weighted by Crippen LogP contribution is -2.22. The van der Waals surface area contributed by atoms with Crippen molar-refractivity contribution in [2.45, 2.75) is 26.2 Å². The monoisotopic (exact) mass is 269 g/mol. The van der Waals surface area contributed by atoms with E-state index in [0.717, 1.165) is 25.9 Å². The molecule has 0 saturated carbocycles. The van der Waals surface area contributed by atoms with Gasteiger partial charge in [0, 0.05) is 13.0 Å². The first-order valence-corrected chi connectivity index (χ1v) is 7.31. The quantitative estimate of drug-likeness (QED) is 0.764. The number of hydrogen-bond acceptors (Lipinski definition) is 2. The van der Waals surface area contributed by atoms with E-state index in [1.165, 1.54) is 16.3 Å². The van der Waals surface area contributed by atoms with Gasteiger partial charge in [-0.25, -0.2) is 0 Å². The van der Waals surface area contributed by atoms with Crippen LogP contribution in [0.3, 0.4) is 0 Å². The second-order valence-corrected chi connectivity index (χ2v) is 5.50. The number of ketones is 1. The number of rotatable bonds is 7. The number of nitrogens with zero attached hydrogens (tertiary/aromatic N) is 1. The van der Waals surface area contributed by atoms with Crippen LogP contribution in [0.5, 0.6) is 0 Å².